The first-order chi connectivity index (χ1) is 9.17. The topological polar surface area (TPSA) is 78.4 Å². The van der Waals surface area contributed by atoms with Crippen LogP contribution >= 0.6 is 23.1 Å². The van der Waals surface area contributed by atoms with E-state index in [0.29, 0.717) is 24.3 Å². The highest BCUT2D eigenvalue weighted by Crippen LogP contribution is 2.39. The Labute approximate surface area is 121 Å². The Hall–Kier alpha value is -1.07. The third-order valence-electron chi connectivity index (χ3n) is 2.05. The predicted octanol–water partition coefficient (Wildman–Crippen LogP) is 2.38. The highest BCUT2D eigenvalue weighted by atomic mass is 32.2. The van der Waals surface area contributed by atoms with Crippen LogP contribution in [0.5, 0.6) is 0 Å². The normalized spacial score (nSPS) is 13.1. The summed E-state index contributed by atoms with van der Waals surface area (Å²) in [5.74, 6) is 0. The summed E-state index contributed by atoms with van der Waals surface area (Å²) in [5.41, 5.74) is -4.44. The molecule has 2 amide bonds. The molecule has 0 bridgehead atoms. The van der Waals surface area contributed by atoms with Gasteiger partial charge in [0.15, 0.2) is 4.34 Å². The molecule has 20 heavy (non-hydrogen) atoms. The fourth-order valence-electron chi connectivity index (χ4n) is 1.07. The van der Waals surface area contributed by atoms with Crippen LogP contribution < -0.4 is 5.32 Å². The van der Waals surface area contributed by atoms with Crippen LogP contribution in [-0.4, -0.2) is 51.4 Å². The van der Waals surface area contributed by atoms with Gasteiger partial charge in [-0.15, -0.1) is 10.2 Å². The lowest BCUT2D eigenvalue weighted by Gasteiger charge is -2.17. The number of carbonyl (C=O) groups excluding carboxylic acids is 1. The SMILES string of the molecule is CC(O)CCN(C)C(=O)Nc1nnc(SC(F)(F)F)s1. The summed E-state index contributed by atoms with van der Waals surface area (Å²) in [6, 6.07) is -0.523. The molecular weight excluding hydrogens is 317 g/mol. The summed E-state index contributed by atoms with van der Waals surface area (Å²) in [6.07, 6.45) is -0.142. The molecular formula is C9H13F3N4O2S2. The van der Waals surface area contributed by atoms with Crippen LogP contribution in [0, 0.1) is 0 Å². The average Bonchev–Trinajstić information content (AvgIpc) is 2.70. The van der Waals surface area contributed by atoms with E-state index in [1.165, 1.54) is 11.9 Å². The molecule has 0 radical (unpaired) electrons. The van der Waals surface area contributed by atoms with Gasteiger partial charge < -0.3 is 10.0 Å². The van der Waals surface area contributed by atoms with Crippen LogP contribution in [0.1, 0.15) is 13.3 Å². The zero-order valence-electron chi connectivity index (χ0n) is 10.6. The first-order valence-corrected chi connectivity index (χ1v) is 7.10. The average molecular weight is 330 g/mol. The van der Waals surface area contributed by atoms with E-state index in [-0.39, 0.29) is 21.2 Å². The standard InChI is InChI=1S/C9H13F3N4O2S2/c1-5(17)3-4-16(2)7(18)13-6-14-15-8(19-6)20-9(10,11)12/h5,17H,3-4H2,1-2H3,(H,13,14,18). The number of anilines is 1. The molecule has 11 heteroatoms. The number of amides is 2. The fraction of sp³-hybridized carbons (Fsp3) is 0.667. The van der Waals surface area contributed by atoms with Gasteiger partial charge in [0.1, 0.15) is 0 Å². The predicted molar refractivity (Wildman–Crippen MR) is 69.8 cm³/mol. The summed E-state index contributed by atoms with van der Waals surface area (Å²) in [7, 11) is 1.50. The van der Waals surface area contributed by atoms with Crippen LogP contribution in [0.4, 0.5) is 23.1 Å². The van der Waals surface area contributed by atoms with E-state index < -0.39 is 17.6 Å². The molecule has 1 atom stereocenters. The summed E-state index contributed by atoms with van der Waals surface area (Å²) in [4.78, 5) is 13.0. The third-order valence-corrected chi connectivity index (χ3v) is 3.67. The number of hydrogen-bond donors (Lipinski definition) is 2. The zero-order chi connectivity index (χ0) is 15.3. The summed E-state index contributed by atoms with van der Waals surface area (Å²) >= 11 is 0.261. The molecule has 0 aliphatic carbocycles. The van der Waals surface area contributed by atoms with Crippen molar-refractivity contribution in [1.29, 1.82) is 0 Å². The van der Waals surface area contributed by atoms with E-state index >= 15 is 0 Å². The van der Waals surface area contributed by atoms with Crippen LogP contribution in [0.15, 0.2) is 4.34 Å². The molecule has 114 valence electrons. The molecule has 2 N–H and O–H groups in total. The Morgan fingerprint density at radius 1 is 1.55 bits per heavy atom. The Morgan fingerprint density at radius 2 is 2.20 bits per heavy atom. The van der Waals surface area contributed by atoms with Gasteiger partial charge in [-0.2, -0.15) is 13.2 Å². The van der Waals surface area contributed by atoms with Gasteiger partial charge >= 0.3 is 11.5 Å². The molecule has 0 spiro atoms. The zero-order valence-corrected chi connectivity index (χ0v) is 12.3. The van der Waals surface area contributed by atoms with Crippen molar-refractivity contribution in [2.45, 2.75) is 29.3 Å². The third kappa shape index (κ3) is 6.39. The largest absolute Gasteiger partial charge is 0.448 e. The van der Waals surface area contributed by atoms with E-state index in [9.17, 15) is 18.0 Å². The lowest BCUT2D eigenvalue weighted by atomic mass is 10.3. The number of aliphatic hydroxyl groups is 1. The van der Waals surface area contributed by atoms with E-state index in [1.54, 1.807) is 6.92 Å². The Balaban J connectivity index is 2.50. The van der Waals surface area contributed by atoms with Gasteiger partial charge in [0.05, 0.1) is 6.10 Å². The van der Waals surface area contributed by atoms with E-state index in [4.69, 9.17) is 5.11 Å². The second kappa shape index (κ2) is 7.09. The van der Waals surface area contributed by atoms with E-state index in [1.807, 2.05) is 0 Å². The van der Waals surface area contributed by atoms with Crippen molar-refractivity contribution in [3.63, 3.8) is 0 Å². The van der Waals surface area contributed by atoms with Crippen LogP contribution in [0.3, 0.4) is 0 Å². The minimum atomic E-state index is -4.44. The maximum absolute atomic E-state index is 12.1. The van der Waals surface area contributed by atoms with Crippen molar-refractivity contribution in [2.75, 3.05) is 18.9 Å². The van der Waals surface area contributed by atoms with Crippen molar-refractivity contribution in [3.8, 4) is 0 Å². The lowest BCUT2D eigenvalue weighted by Crippen LogP contribution is -2.33. The summed E-state index contributed by atoms with van der Waals surface area (Å²) < 4.78 is 36.0. The van der Waals surface area contributed by atoms with Gasteiger partial charge in [-0.05, 0) is 13.3 Å². The highest BCUT2D eigenvalue weighted by Gasteiger charge is 2.31. The van der Waals surface area contributed by atoms with Gasteiger partial charge in [0, 0.05) is 25.4 Å². The van der Waals surface area contributed by atoms with E-state index in [2.05, 4.69) is 15.5 Å². The van der Waals surface area contributed by atoms with Gasteiger partial charge in [-0.25, -0.2) is 4.79 Å². The number of aliphatic hydroxyl groups excluding tert-OH is 1. The molecule has 1 aromatic rings. The minimum Gasteiger partial charge on any atom is -0.393 e. The number of urea groups is 1. The smallest absolute Gasteiger partial charge is 0.393 e. The first kappa shape index (κ1) is 17.0. The number of carbonyl (C=O) groups is 1. The minimum absolute atomic E-state index is 0.00866. The Bertz CT molecular complexity index is 453. The number of halogens is 3. The molecule has 6 nitrogen and oxygen atoms in total. The quantitative estimate of drug-likeness (QED) is 0.640. The molecule has 0 saturated heterocycles. The second-order valence-electron chi connectivity index (χ2n) is 3.91. The number of nitrogens with zero attached hydrogens (tertiary/aromatic N) is 3. The second-order valence-corrected chi connectivity index (χ2v) is 6.20. The summed E-state index contributed by atoms with van der Waals surface area (Å²) in [6.45, 7) is 1.91. The molecule has 0 aliphatic heterocycles. The molecule has 1 rings (SSSR count). The first-order valence-electron chi connectivity index (χ1n) is 5.47. The maximum Gasteiger partial charge on any atom is 0.448 e. The number of hydrogen-bond acceptors (Lipinski definition) is 6. The van der Waals surface area contributed by atoms with Crippen molar-refractivity contribution in [2.24, 2.45) is 0 Å². The van der Waals surface area contributed by atoms with Gasteiger partial charge in [-0.1, -0.05) is 11.3 Å². The van der Waals surface area contributed by atoms with Crippen LogP contribution in [0.25, 0.3) is 0 Å². The van der Waals surface area contributed by atoms with Crippen molar-refractivity contribution in [3.05, 3.63) is 0 Å². The highest BCUT2D eigenvalue weighted by molar-refractivity contribution is 8.01. The molecule has 1 heterocycles. The molecule has 1 aromatic heterocycles. The van der Waals surface area contributed by atoms with E-state index in [0.717, 1.165) is 0 Å². The fourth-order valence-corrected chi connectivity index (χ4v) is 2.50. The number of thioether (sulfide) groups is 1. The van der Waals surface area contributed by atoms with Crippen molar-refractivity contribution in [1.82, 2.24) is 15.1 Å². The monoisotopic (exact) mass is 330 g/mol. The van der Waals surface area contributed by atoms with Crippen LogP contribution in [-0.2, 0) is 0 Å². The number of rotatable bonds is 5. The van der Waals surface area contributed by atoms with Gasteiger partial charge in [0.25, 0.3) is 0 Å². The molecule has 0 saturated carbocycles. The number of aromatic nitrogens is 2. The molecule has 1 unspecified atom stereocenters. The molecule has 0 aromatic carbocycles. The van der Waals surface area contributed by atoms with Crippen molar-refractivity contribution < 1.29 is 23.1 Å². The Kier molecular flexibility index (Phi) is 6.02. The Morgan fingerprint density at radius 3 is 2.75 bits per heavy atom. The molecule has 0 aliphatic rings. The number of alkyl halides is 3. The van der Waals surface area contributed by atoms with Gasteiger partial charge in [0.2, 0.25) is 5.13 Å². The summed E-state index contributed by atoms with van der Waals surface area (Å²) in [5, 5.41) is 18.2. The van der Waals surface area contributed by atoms with Crippen molar-refractivity contribution >= 4 is 34.3 Å². The van der Waals surface area contributed by atoms with Crippen LogP contribution in [0.2, 0.25) is 0 Å². The lowest BCUT2D eigenvalue weighted by molar-refractivity contribution is -0.0328. The maximum atomic E-state index is 12.1. The molecule has 0 fully saturated rings. The van der Waals surface area contributed by atoms with Gasteiger partial charge in [-0.3, -0.25) is 5.32 Å². The number of nitrogens with one attached hydrogen (secondary N) is 1.